The number of pyridine rings is 1. The molecular formula is C32H35N7O2. The van der Waals surface area contributed by atoms with Gasteiger partial charge in [0.1, 0.15) is 0 Å². The lowest BCUT2D eigenvalue weighted by molar-refractivity contribution is 0.152. The summed E-state index contributed by atoms with van der Waals surface area (Å²) in [7, 11) is 1.69. The third-order valence-electron chi connectivity index (χ3n) is 7.60. The lowest BCUT2D eigenvalue weighted by Crippen LogP contribution is -2.08. The van der Waals surface area contributed by atoms with Crippen LogP contribution in [0.4, 0.5) is 0 Å². The molecule has 41 heavy (non-hydrogen) atoms. The summed E-state index contributed by atoms with van der Waals surface area (Å²) in [6.07, 6.45) is 3.38. The smallest absolute Gasteiger partial charge is 0.181 e. The molecule has 9 nitrogen and oxygen atoms in total. The summed E-state index contributed by atoms with van der Waals surface area (Å²) < 4.78 is 10.9. The Hall–Kier alpha value is -4.34. The number of hydrogen-bond acceptors (Lipinski definition) is 6. The Morgan fingerprint density at radius 1 is 0.927 bits per heavy atom. The first-order valence-electron chi connectivity index (χ1n) is 14.0. The maximum atomic E-state index is 10.8. The molecule has 0 radical (unpaired) electrons. The largest absolute Gasteiger partial charge is 0.386 e. The van der Waals surface area contributed by atoms with E-state index in [1.54, 1.807) is 7.11 Å². The summed E-state index contributed by atoms with van der Waals surface area (Å²) >= 11 is 0. The molecule has 0 fully saturated rings. The second-order valence-electron chi connectivity index (χ2n) is 10.8. The Morgan fingerprint density at radius 3 is 2.49 bits per heavy atom. The summed E-state index contributed by atoms with van der Waals surface area (Å²) in [5, 5.41) is 27.4. The highest BCUT2D eigenvalue weighted by Gasteiger charge is 2.23. The number of aromatic nitrogens is 7. The average Bonchev–Trinajstić information content (AvgIpc) is 3.65. The first-order chi connectivity index (χ1) is 19.8. The van der Waals surface area contributed by atoms with Crippen LogP contribution in [-0.2, 0) is 17.8 Å². The van der Waals surface area contributed by atoms with Crippen LogP contribution in [-0.4, -0.2) is 53.1 Å². The number of nitrogens with zero attached hydrogens (tertiary/aromatic N) is 7. The molecule has 0 aliphatic rings. The zero-order valence-corrected chi connectivity index (χ0v) is 24.1. The fraction of sp³-hybridized carbons (Fsp3) is 0.312. The van der Waals surface area contributed by atoms with Gasteiger partial charge in [0.15, 0.2) is 5.65 Å². The first-order valence-corrected chi connectivity index (χ1v) is 14.0. The van der Waals surface area contributed by atoms with Gasteiger partial charge in [0.25, 0.3) is 0 Å². The maximum absolute atomic E-state index is 10.8. The summed E-state index contributed by atoms with van der Waals surface area (Å²) in [4.78, 5) is 4.81. The van der Waals surface area contributed by atoms with Gasteiger partial charge in [-0.1, -0.05) is 56.3 Å². The van der Waals surface area contributed by atoms with Crippen LogP contribution in [0.3, 0.4) is 0 Å². The van der Waals surface area contributed by atoms with Crippen LogP contribution in [0.2, 0.25) is 0 Å². The van der Waals surface area contributed by atoms with Crippen LogP contribution in [0.15, 0.2) is 67.0 Å². The molecule has 1 atom stereocenters. The van der Waals surface area contributed by atoms with E-state index in [9.17, 15) is 5.11 Å². The van der Waals surface area contributed by atoms with Gasteiger partial charge in [0.05, 0.1) is 48.4 Å². The van der Waals surface area contributed by atoms with E-state index < -0.39 is 6.10 Å². The van der Waals surface area contributed by atoms with Crippen molar-refractivity contribution < 1.29 is 9.84 Å². The molecule has 210 valence electrons. The highest BCUT2D eigenvalue weighted by molar-refractivity contribution is 5.94. The van der Waals surface area contributed by atoms with Crippen LogP contribution < -0.4 is 0 Å². The second-order valence-corrected chi connectivity index (χ2v) is 10.8. The molecule has 6 rings (SSSR count). The number of benzene rings is 2. The van der Waals surface area contributed by atoms with Crippen molar-refractivity contribution >= 4 is 21.9 Å². The van der Waals surface area contributed by atoms with E-state index in [4.69, 9.17) is 19.9 Å². The number of rotatable bonds is 9. The van der Waals surface area contributed by atoms with Crippen molar-refractivity contribution in [2.24, 2.45) is 0 Å². The topological polar surface area (TPSA) is 95.8 Å². The predicted molar refractivity (Wildman–Crippen MR) is 160 cm³/mol. The van der Waals surface area contributed by atoms with Gasteiger partial charge in [0, 0.05) is 47.1 Å². The second kappa shape index (κ2) is 10.9. The molecule has 0 amide bonds. The summed E-state index contributed by atoms with van der Waals surface area (Å²) in [6, 6.07) is 17.9. The number of aryl methyl sites for hydroxylation is 1. The molecule has 4 aromatic heterocycles. The van der Waals surface area contributed by atoms with E-state index in [1.165, 1.54) is 5.56 Å². The van der Waals surface area contributed by atoms with E-state index >= 15 is 0 Å². The highest BCUT2D eigenvalue weighted by Crippen LogP contribution is 2.37. The number of hydrogen-bond donors (Lipinski definition) is 1. The number of ether oxygens (including phenoxy) is 1. The minimum atomic E-state index is -0.647. The van der Waals surface area contributed by atoms with E-state index in [-0.39, 0.29) is 5.92 Å². The van der Waals surface area contributed by atoms with Gasteiger partial charge in [-0.05, 0) is 37.5 Å². The zero-order chi connectivity index (χ0) is 28.7. The van der Waals surface area contributed by atoms with Gasteiger partial charge in [0.2, 0.25) is 0 Å². The molecular weight excluding hydrogens is 514 g/mol. The Labute approximate surface area is 239 Å². The van der Waals surface area contributed by atoms with Gasteiger partial charge in [-0.2, -0.15) is 15.3 Å². The Balaban J connectivity index is 1.43. The fourth-order valence-electron chi connectivity index (χ4n) is 5.59. The van der Waals surface area contributed by atoms with Crippen molar-refractivity contribution in [1.82, 2.24) is 34.3 Å². The minimum Gasteiger partial charge on any atom is -0.386 e. The van der Waals surface area contributed by atoms with Gasteiger partial charge in [-0.15, -0.1) is 0 Å². The molecule has 0 spiro atoms. The molecule has 0 unspecified atom stereocenters. The Bertz CT molecular complexity index is 1830. The van der Waals surface area contributed by atoms with E-state index in [0.29, 0.717) is 25.3 Å². The molecule has 0 bridgehead atoms. The summed E-state index contributed by atoms with van der Waals surface area (Å²) in [5.41, 5.74) is 8.47. The SMILES string of the molecule is COCCn1cc2cc(-n3nc(-c4cccc5nn(C[C@H](O)c6ccccc6)cc45)c(C(C)C)c3C)c(C)nc2n1. The molecule has 0 saturated heterocycles. The van der Waals surface area contributed by atoms with Crippen molar-refractivity contribution in [3.8, 4) is 16.9 Å². The van der Waals surface area contributed by atoms with Gasteiger partial charge < -0.3 is 9.84 Å². The summed E-state index contributed by atoms with van der Waals surface area (Å²) in [6.45, 7) is 10.2. The lowest BCUT2D eigenvalue weighted by Gasteiger charge is -2.10. The lowest BCUT2D eigenvalue weighted by atomic mass is 9.95. The first kappa shape index (κ1) is 26.9. The Kier molecular flexibility index (Phi) is 7.15. The number of aliphatic hydroxyl groups excluding tert-OH is 1. The van der Waals surface area contributed by atoms with Crippen LogP contribution >= 0.6 is 0 Å². The minimum absolute atomic E-state index is 0.248. The van der Waals surface area contributed by atoms with Crippen molar-refractivity contribution in [3.63, 3.8) is 0 Å². The maximum Gasteiger partial charge on any atom is 0.181 e. The van der Waals surface area contributed by atoms with E-state index in [1.807, 2.05) is 75.8 Å². The monoisotopic (exact) mass is 549 g/mol. The normalized spacial score (nSPS) is 12.7. The molecule has 0 aliphatic carbocycles. The number of fused-ring (bicyclic) bond motifs is 2. The zero-order valence-electron chi connectivity index (χ0n) is 24.1. The molecule has 6 aromatic rings. The quantitative estimate of drug-likeness (QED) is 0.247. The van der Waals surface area contributed by atoms with E-state index in [2.05, 4.69) is 38.0 Å². The van der Waals surface area contributed by atoms with Crippen LogP contribution in [0.5, 0.6) is 0 Å². The van der Waals surface area contributed by atoms with E-state index in [0.717, 1.165) is 50.2 Å². The molecule has 1 N–H and O–H groups in total. The van der Waals surface area contributed by atoms with Crippen LogP contribution in [0.25, 0.3) is 38.9 Å². The number of aliphatic hydroxyl groups is 1. The van der Waals surface area contributed by atoms with Crippen LogP contribution in [0.1, 0.15) is 48.4 Å². The molecule has 2 aromatic carbocycles. The standard InChI is InChI=1S/C32H35N7O2/c1-20(2)30-22(4)39(28-16-24-17-37(14-15-41-5)36-32(24)33-21(28)3)35-31(30)25-12-9-13-27-26(25)18-38(34-27)19-29(40)23-10-7-6-8-11-23/h6-13,16-18,20,29,40H,14-15,19H2,1-5H3/t29-/m0/s1. The average molecular weight is 550 g/mol. The predicted octanol–water partition coefficient (Wildman–Crippen LogP) is 5.75. The third-order valence-corrected chi connectivity index (χ3v) is 7.60. The summed E-state index contributed by atoms with van der Waals surface area (Å²) in [5.74, 6) is 0.248. The molecule has 9 heteroatoms. The Morgan fingerprint density at radius 2 is 1.73 bits per heavy atom. The van der Waals surface area contributed by atoms with Crippen molar-refractivity contribution in [3.05, 3.63) is 89.5 Å². The molecule has 4 heterocycles. The van der Waals surface area contributed by atoms with Gasteiger partial charge in [-0.3, -0.25) is 9.36 Å². The van der Waals surface area contributed by atoms with Crippen molar-refractivity contribution in [2.45, 2.75) is 52.8 Å². The molecule has 0 saturated carbocycles. The van der Waals surface area contributed by atoms with Gasteiger partial charge >= 0.3 is 0 Å². The highest BCUT2D eigenvalue weighted by atomic mass is 16.5. The van der Waals surface area contributed by atoms with Crippen LogP contribution in [0, 0.1) is 13.8 Å². The van der Waals surface area contributed by atoms with Gasteiger partial charge in [-0.25, -0.2) is 9.67 Å². The molecule has 0 aliphatic heterocycles. The fourth-order valence-corrected chi connectivity index (χ4v) is 5.59. The number of methoxy groups -OCH3 is 1. The van der Waals surface area contributed by atoms with Crippen molar-refractivity contribution in [1.29, 1.82) is 0 Å². The van der Waals surface area contributed by atoms with Crippen molar-refractivity contribution in [2.75, 3.05) is 13.7 Å². The third kappa shape index (κ3) is 5.03.